The molecule has 1 aromatic carbocycles. The number of hydrogen-bond donors (Lipinski definition) is 1. The first kappa shape index (κ1) is 23.6. The maximum absolute atomic E-state index is 12.2. The fraction of sp³-hybridized carbons (Fsp3) is 0.467. The van der Waals surface area contributed by atoms with Crippen molar-refractivity contribution in [3.05, 3.63) is 35.9 Å². The minimum atomic E-state index is -4.03. The number of thioether (sulfide) groups is 1. The molecule has 1 atom stereocenters. The zero-order chi connectivity index (χ0) is 17.3. The summed E-state index contributed by atoms with van der Waals surface area (Å²) in [5.41, 5.74) is 0.975. The van der Waals surface area contributed by atoms with E-state index < -0.39 is 21.8 Å². The van der Waals surface area contributed by atoms with Crippen LogP contribution in [0.4, 0.5) is 0 Å². The van der Waals surface area contributed by atoms with Crippen molar-refractivity contribution in [3.8, 4) is 0 Å². The molecular weight excluding hydrogens is 361 g/mol. The summed E-state index contributed by atoms with van der Waals surface area (Å²) in [4.78, 5) is 15.0. The molecule has 0 saturated heterocycles. The van der Waals surface area contributed by atoms with Crippen LogP contribution in [0.5, 0.6) is 0 Å². The van der Waals surface area contributed by atoms with Crippen LogP contribution in [0.25, 0.3) is 0 Å². The molecule has 1 rings (SSSR count). The van der Waals surface area contributed by atoms with E-state index in [1.807, 2.05) is 30.3 Å². The predicted molar refractivity (Wildman–Crippen MR) is 90.1 cm³/mol. The van der Waals surface area contributed by atoms with Gasteiger partial charge in [0.1, 0.15) is 0 Å². The van der Waals surface area contributed by atoms with Gasteiger partial charge in [-0.1, -0.05) is 42.1 Å². The van der Waals surface area contributed by atoms with E-state index in [1.165, 1.54) is 6.92 Å². The predicted octanol–water partition coefficient (Wildman–Crippen LogP) is -1.83. The van der Waals surface area contributed by atoms with E-state index in [0.717, 1.165) is 17.3 Å². The monoisotopic (exact) mass is 381 g/mol. The van der Waals surface area contributed by atoms with E-state index >= 15 is 0 Å². The van der Waals surface area contributed by atoms with E-state index in [9.17, 15) is 18.3 Å². The number of nitrogens with zero attached hydrogens (tertiary/aromatic N) is 1. The van der Waals surface area contributed by atoms with Gasteiger partial charge >= 0.3 is 29.6 Å². The topological polar surface area (TPSA) is 107 Å². The second-order valence-electron chi connectivity index (χ2n) is 5.05. The Morgan fingerprint density at radius 3 is 2.50 bits per heavy atom. The smallest absolute Gasteiger partial charge is 0.862 e. The van der Waals surface area contributed by atoms with Crippen molar-refractivity contribution in [1.29, 1.82) is 0 Å². The Morgan fingerprint density at radius 1 is 1.33 bits per heavy atom. The molecule has 0 amide bonds. The van der Waals surface area contributed by atoms with Crippen molar-refractivity contribution in [3.63, 3.8) is 0 Å². The fourth-order valence-electron chi connectivity index (χ4n) is 1.90. The second kappa shape index (κ2) is 12.1. The average molecular weight is 381 g/mol. The van der Waals surface area contributed by atoms with Crippen LogP contribution in [0.15, 0.2) is 35.3 Å². The second-order valence-corrected chi connectivity index (χ2v) is 7.82. The molecule has 0 aliphatic rings. The summed E-state index contributed by atoms with van der Waals surface area (Å²) in [6, 6.07) is 9.43. The Labute approximate surface area is 169 Å². The van der Waals surface area contributed by atoms with Gasteiger partial charge in [0.2, 0.25) is 0 Å². The summed E-state index contributed by atoms with van der Waals surface area (Å²) in [6.07, 6.45) is 0.560. The third-order valence-corrected chi connectivity index (χ3v) is 4.77. The van der Waals surface area contributed by atoms with Gasteiger partial charge in [0.15, 0.2) is 5.12 Å². The molecule has 6 nitrogen and oxygen atoms in total. The molecule has 1 unspecified atom stereocenters. The fourth-order valence-corrected chi connectivity index (χ4v) is 3.09. The molecule has 0 radical (unpaired) electrons. The van der Waals surface area contributed by atoms with Crippen molar-refractivity contribution in [2.24, 2.45) is 10.9 Å². The average Bonchev–Trinajstić information content (AvgIpc) is 2.47. The summed E-state index contributed by atoms with van der Waals surface area (Å²) in [6.45, 7) is 1.48. The van der Waals surface area contributed by atoms with E-state index in [2.05, 4.69) is 4.99 Å². The maximum atomic E-state index is 12.2. The molecule has 1 N–H and O–H groups in total. The molecule has 0 fully saturated rings. The van der Waals surface area contributed by atoms with Crippen LogP contribution < -0.4 is 34.7 Å². The van der Waals surface area contributed by atoms with Crippen LogP contribution in [0.2, 0.25) is 0 Å². The van der Waals surface area contributed by atoms with Gasteiger partial charge in [-0.3, -0.25) is 9.35 Å². The largest absolute Gasteiger partial charge is 1.00 e. The Bertz CT molecular complexity index is 635. The van der Waals surface area contributed by atoms with Gasteiger partial charge in [-0.05, 0) is 24.3 Å². The van der Waals surface area contributed by atoms with Gasteiger partial charge in [-0.2, -0.15) is 8.42 Å². The first-order valence-electron chi connectivity index (χ1n) is 7.11. The minimum Gasteiger partial charge on any atom is -0.862 e. The van der Waals surface area contributed by atoms with Crippen molar-refractivity contribution in [2.45, 2.75) is 19.8 Å². The Balaban J connectivity index is 0.00000529. The first-order chi connectivity index (χ1) is 10.8. The number of benzene rings is 1. The molecule has 1 aromatic rings. The molecule has 128 valence electrons. The molecule has 0 aromatic heterocycles. The quantitative estimate of drug-likeness (QED) is 0.177. The standard InChI is InChI=1S/C15H21NO5S2.Na/c1-12(17)22-11-14(10-13-6-3-2-4-7-13)15(18)16-8-5-9-23(19,20)21;/h2-4,6-7,14H,5,8-11H2,1H3,(H,16,18)(H,19,20,21);/q;+1/p-1. The van der Waals surface area contributed by atoms with Crippen LogP contribution >= 0.6 is 11.8 Å². The van der Waals surface area contributed by atoms with Gasteiger partial charge < -0.3 is 10.1 Å². The van der Waals surface area contributed by atoms with Crippen molar-refractivity contribution in [1.82, 2.24) is 0 Å². The van der Waals surface area contributed by atoms with Crippen LogP contribution in [-0.2, 0) is 21.3 Å². The number of rotatable bonds is 9. The van der Waals surface area contributed by atoms with Crippen molar-refractivity contribution >= 4 is 32.9 Å². The molecule has 0 saturated carbocycles. The van der Waals surface area contributed by atoms with E-state index in [1.54, 1.807) is 0 Å². The molecular formula is C15H20NNaO5S2. The van der Waals surface area contributed by atoms with Crippen LogP contribution in [-0.4, -0.2) is 42.0 Å². The third-order valence-electron chi connectivity index (χ3n) is 2.99. The van der Waals surface area contributed by atoms with Gasteiger partial charge in [0, 0.05) is 25.1 Å². The SMILES string of the molecule is CC(=O)SCC(Cc1ccccc1)C([O-])=NCCCS(=O)(=O)O.[Na+]. The van der Waals surface area contributed by atoms with E-state index in [4.69, 9.17) is 4.55 Å². The minimum absolute atomic E-state index is 0. The Morgan fingerprint density at radius 2 is 1.96 bits per heavy atom. The van der Waals surface area contributed by atoms with E-state index in [-0.39, 0.29) is 53.5 Å². The number of carbonyl (C=O) groups is 1. The number of hydrogen-bond acceptors (Lipinski definition) is 6. The molecule has 0 heterocycles. The van der Waals surface area contributed by atoms with Crippen molar-refractivity contribution in [2.75, 3.05) is 18.1 Å². The Hall–Kier alpha value is -0.380. The first-order valence-corrected chi connectivity index (χ1v) is 9.71. The normalized spacial score (nSPS) is 13.2. The molecule has 24 heavy (non-hydrogen) atoms. The van der Waals surface area contributed by atoms with Gasteiger partial charge in [0.05, 0.1) is 5.75 Å². The number of carbonyl (C=O) groups excluding carboxylic acids is 1. The molecule has 0 spiro atoms. The summed E-state index contributed by atoms with van der Waals surface area (Å²) >= 11 is 1.07. The van der Waals surface area contributed by atoms with Gasteiger partial charge in [0.25, 0.3) is 10.1 Å². The molecule has 0 aliphatic heterocycles. The Kier molecular flexibility index (Phi) is 11.9. The summed E-state index contributed by atoms with van der Waals surface area (Å²) in [5.74, 6) is -0.866. The van der Waals surface area contributed by atoms with Gasteiger partial charge in [-0.15, -0.1) is 0 Å². The third kappa shape index (κ3) is 11.2. The van der Waals surface area contributed by atoms with Crippen molar-refractivity contribution < 1.29 is 52.4 Å². The van der Waals surface area contributed by atoms with E-state index in [0.29, 0.717) is 12.2 Å². The van der Waals surface area contributed by atoms with Crippen LogP contribution in [0.3, 0.4) is 0 Å². The summed E-state index contributed by atoms with van der Waals surface area (Å²) in [5, 5.41) is 12.1. The van der Waals surface area contributed by atoms with Gasteiger partial charge in [-0.25, -0.2) is 0 Å². The number of aliphatic imine (C=N–C) groups is 1. The maximum Gasteiger partial charge on any atom is 1.00 e. The van der Waals surface area contributed by atoms with Crippen LogP contribution in [0.1, 0.15) is 18.9 Å². The molecule has 9 heteroatoms. The zero-order valence-electron chi connectivity index (χ0n) is 13.8. The zero-order valence-corrected chi connectivity index (χ0v) is 17.5. The van der Waals surface area contributed by atoms with Crippen LogP contribution in [0, 0.1) is 5.92 Å². The molecule has 0 bridgehead atoms. The molecule has 0 aliphatic carbocycles. The summed E-state index contributed by atoms with van der Waals surface area (Å²) < 4.78 is 29.9. The summed E-state index contributed by atoms with van der Waals surface area (Å²) in [7, 11) is -4.03.